The topological polar surface area (TPSA) is 109 Å². The van der Waals surface area contributed by atoms with Crippen molar-refractivity contribution in [3.05, 3.63) is 65.6 Å². The first-order chi connectivity index (χ1) is 17.9. The minimum atomic E-state index is -4.43. The Labute approximate surface area is 219 Å². The lowest BCUT2D eigenvalue weighted by Crippen LogP contribution is -2.33. The third-order valence-electron chi connectivity index (χ3n) is 6.03. The SMILES string of the molecule is CC(C)Nc1cnc(NS(=O)(=O)c2ccc3c(c2)CN(C(C)c2ccc(OCC(F)(F)F)nc2)CC3)cn1. The summed E-state index contributed by atoms with van der Waals surface area (Å²) in [6.07, 6.45) is 0.619. The highest BCUT2D eigenvalue weighted by Gasteiger charge is 2.29. The molecular formula is C25H29F3N6O3S. The minimum Gasteiger partial charge on any atom is -0.468 e. The van der Waals surface area contributed by atoms with E-state index in [-0.39, 0.29) is 28.7 Å². The number of rotatable bonds is 9. The number of anilines is 2. The number of sulfonamides is 1. The molecule has 0 bridgehead atoms. The second-order valence-corrected chi connectivity index (χ2v) is 11.0. The molecule has 38 heavy (non-hydrogen) atoms. The molecule has 4 rings (SSSR count). The number of hydrogen-bond acceptors (Lipinski definition) is 8. The maximum Gasteiger partial charge on any atom is 0.422 e. The number of halogens is 3. The van der Waals surface area contributed by atoms with Gasteiger partial charge in [0.25, 0.3) is 10.0 Å². The second kappa shape index (κ2) is 11.1. The molecule has 13 heteroatoms. The summed E-state index contributed by atoms with van der Waals surface area (Å²) in [6.45, 7) is 5.72. The normalized spacial score (nSPS) is 15.1. The van der Waals surface area contributed by atoms with E-state index in [1.807, 2.05) is 26.8 Å². The van der Waals surface area contributed by atoms with Gasteiger partial charge in [0.1, 0.15) is 5.82 Å². The van der Waals surface area contributed by atoms with Crippen molar-refractivity contribution in [1.82, 2.24) is 19.9 Å². The van der Waals surface area contributed by atoms with Crippen LogP contribution in [0, 0.1) is 0 Å². The Balaban J connectivity index is 1.43. The number of pyridine rings is 1. The summed E-state index contributed by atoms with van der Waals surface area (Å²) >= 11 is 0. The number of hydrogen-bond donors (Lipinski definition) is 2. The zero-order chi connectivity index (χ0) is 27.5. The Morgan fingerprint density at radius 2 is 1.74 bits per heavy atom. The van der Waals surface area contributed by atoms with Crippen LogP contribution < -0.4 is 14.8 Å². The largest absolute Gasteiger partial charge is 0.468 e. The first kappa shape index (κ1) is 27.6. The fourth-order valence-electron chi connectivity index (χ4n) is 4.09. The van der Waals surface area contributed by atoms with Crippen LogP contribution in [0.4, 0.5) is 24.8 Å². The lowest BCUT2D eigenvalue weighted by molar-refractivity contribution is -0.154. The lowest BCUT2D eigenvalue weighted by atomic mass is 9.97. The standard InChI is InChI=1S/C25H29F3N6O3S/c1-16(2)32-22-12-30-23(13-29-22)33-38(35,36)21-6-4-18-8-9-34(14-20(18)10-21)17(3)19-5-7-24(31-11-19)37-15-25(26,27)28/h4-7,10-13,16-17H,8-9,14-15H2,1-3H3,(H,29,32)(H,30,33). The van der Waals surface area contributed by atoms with Crippen LogP contribution in [-0.2, 0) is 23.0 Å². The van der Waals surface area contributed by atoms with Gasteiger partial charge in [0.15, 0.2) is 12.4 Å². The van der Waals surface area contributed by atoms with Gasteiger partial charge in [0.2, 0.25) is 5.88 Å². The highest BCUT2D eigenvalue weighted by molar-refractivity contribution is 7.92. The van der Waals surface area contributed by atoms with Crippen LogP contribution in [0.1, 0.15) is 43.5 Å². The molecule has 0 fully saturated rings. The smallest absolute Gasteiger partial charge is 0.422 e. The molecule has 1 aliphatic rings. The minimum absolute atomic E-state index is 0.0971. The molecule has 0 radical (unpaired) electrons. The molecule has 1 atom stereocenters. The summed E-state index contributed by atoms with van der Waals surface area (Å²) in [4.78, 5) is 14.6. The molecule has 1 aliphatic heterocycles. The molecule has 0 saturated heterocycles. The van der Waals surface area contributed by atoms with Crippen molar-refractivity contribution in [3.63, 3.8) is 0 Å². The highest BCUT2D eigenvalue weighted by Crippen LogP contribution is 2.30. The lowest BCUT2D eigenvalue weighted by Gasteiger charge is -2.34. The third-order valence-corrected chi connectivity index (χ3v) is 7.38. The summed E-state index contributed by atoms with van der Waals surface area (Å²) in [7, 11) is -3.89. The van der Waals surface area contributed by atoms with E-state index < -0.39 is 22.8 Å². The van der Waals surface area contributed by atoms with Gasteiger partial charge >= 0.3 is 6.18 Å². The summed E-state index contributed by atoms with van der Waals surface area (Å²) in [6, 6.07) is 8.22. The number of ether oxygens (including phenoxy) is 1. The predicted molar refractivity (Wildman–Crippen MR) is 136 cm³/mol. The van der Waals surface area contributed by atoms with Crippen LogP contribution in [0.2, 0.25) is 0 Å². The number of alkyl halides is 3. The Morgan fingerprint density at radius 1 is 1.00 bits per heavy atom. The van der Waals surface area contributed by atoms with Gasteiger partial charge in [-0.15, -0.1) is 0 Å². The molecule has 3 heterocycles. The first-order valence-electron chi connectivity index (χ1n) is 12.0. The molecule has 9 nitrogen and oxygen atoms in total. The van der Waals surface area contributed by atoms with Crippen molar-refractivity contribution in [2.75, 3.05) is 23.2 Å². The average molecular weight is 551 g/mol. The number of benzene rings is 1. The highest BCUT2D eigenvalue weighted by atomic mass is 32.2. The predicted octanol–water partition coefficient (Wildman–Crippen LogP) is 4.55. The van der Waals surface area contributed by atoms with E-state index in [0.29, 0.717) is 12.4 Å². The van der Waals surface area contributed by atoms with Gasteiger partial charge in [0, 0.05) is 37.4 Å². The number of nitrogens with one attached hydrogen (secondary N) is 2. The fourth-order valence-corrected chi connectivity index (χ4v) is 5.13. The molecule has 2 aromatic heterocycles. The van der Waals surface area contributed by atoms with Crippen molar-refractivity contribution in [3.8, 4) is 5.88 Å². The van der Waals surface area contributed by atoms with Gasteiger partial charge in [-0.05, 0) is 56.0 Å². The molecule has 1 unspecified atom stereocenters. The van der Waals surface area contributed by atoms with Crippen LogP contribution in [0.3, 0.4) is 0 Å². The molecular weight excluding hydrogens is 521 g/mol. The monoisotopic (exact) mass is 550 g/mol. The van der Waals surface area contributed by atoms with E-state index in [1.165, 1.54) is 24.7 Å². The Kier molecular flexibility index (Phi) is 8.07. The zero-order valence-electron chi connectivity index (χ0n) is 21.2. The molecule has 204 valence electrons. The molecule has 1 aromatic carbocycles. The zero-order valence-corrected chi connectivity index (χ0v) is 22.0. The maximum atomic E-state index is 13.0. The number of nitrogens with zero attached hydrogens (tertiary/aromatic N) is 4. The van der Waals surface area contributed by atoms with Crippen molar-refractivity contribution >= 4 is 21.7 Å². The van der Waals surface area contributed by atoms with E-state index in [1.54, 1.807) is 18.2 Å². The maximum absolute atomic E-state index is 13.0. The van der Waals surface area contributed by atoms with Crippen LogP contribution in [-0.4, -0.2) is 53.6 Å². The first-order valence-corrected chi connectivity index (χ1v) is 13.5. The van der Waals surface area contributed by atoms with Gasteiger partial charge in [-0.1, -0.05) is 12.1 Å². The summed E-state index contributed by atoms with van der Waals surface area (Å²) in [5, 5.41) is 3.09. The molecule has 3 aromatic rings. The van der Waals surface area contributed by atoms with Crippen molar-refractivity contribution in [2.45, 2.75) is 56.9 Å². The van der Waals surface area contributed by atoms with Crippen LogP contribution in [0.5, 0.6) is 5.88 Å². The summed E-state index contributed by atoms with van der Waals surface area (Å²) in [5.41, 5.74) is 2.75. The van der Waals surface area contributed by atoms with Crippen LogP contribution in [0.15, 0.2) is 53.8 Å². The van der Waals surface area contributed by atoms with Gasteiger partial charge < -0.3 is 10.1 Å². The van der Waals surface area contributed by atoms with E-state index in [9.17, 15) is 21.6 Å². The van der Waals surface area contributed by atoms with Gasteiger partial charge in [-0.3, -0.25) is 9.62 Å². The van der Waals surface area contributed by atoms with Crippen molar-refractivity contribution in [2.24, 2.45) is 0 Å². The second-order valence-electron chi connectivity index (χ2n) is 9.35. The molecule has 0 amide bonds. The molecule has 0 saturated carbocycles. The van der Waals surface area contributed by atoms with Gasteiger partial charge in [-0.2, -0.15) is 13.2 Å². The fraction of sp³-hybridized carbons (Fsp3) is 0.400. The Hall–Kier alpha value is -3.45. The van der Waals surface area contributed by atoms with Crippen molar-refractivity contribution < 1.29 is 26.3 Å². The molecule has 2 N–H and O–H groups in total. The number of fused-ring (bicyclic) bond motifs is 1. The Morgan fingerprint density at radius 3 is 2.37 bits per heavy atom. The molecule has 0 aliphatic carbocycles. The average Bonchev–Trinajstić information content (AvgIpc) is 2.87. The summed E-state index contributed by atoms with van der Waals surface area (Å²) in [5.74, 6) is 0.562. The van der Waals surface area contributed by atoms with Crippen LogP contribution >= 0.6 is 0 Å². The molecule has 0 spiro atoms. The third kappa shape index (κ3) is 7.10. The quantitative estimate of drug-likeness (QED) is 0.399. The van der Waals surface area contributed by atoms with E-state index in [0.717, 1.165) is 29.7 Å². The van der Waals surface area contributed by atoms with Crippen LogP contribution in [0.25, 0.3) is 0 Å². The van der Waals surface area contributed by atoms with E-state index >= 15 is 0 Å². The van der Waals surface area contributed by atoms with Gasteiger partial charge in [-0.25, -0.2) is 23.4 Å². The Bertz CT molecular complexity index is 1350. The number of aromatic nitrogens is 3. The summed E-state index contributed by atoms with van der Waals surface area (Å²) < 4.78 is 70.3. The van der Waals surface area contributed by atoms with Crippen molar-refractivity contribution in [1.29, 1.82) is 0 Å². The van der Waals surface area contributed by atoms with E-state index in [2.05, 4.69) is 34.6 Å². The van der Waals surface area contributed by atoms with Gasteiger partial charge in [0.05, 0.1) is 17.3 Å². The van der Waals surface area contributed by atoms with E-state index in [4.69, 9.17) is 0 Å².